The summed E-state index contributed by atoms with van der Waals surface area (Å²) in [5, 5.41) is 27.9. The summed E-state index contributed by atoms with van der Waals surface area (Å²) in [4.78, 5) is 0. The number of nitrogens with zero attached hydrogens (tertiary/aromatic N) is 3. The lowest BCUT2D eigenvalue weighted by Crippen LogP contribution is -2.15. The Morgan fingerprint density at radius 2 is 1.62 bits per heavy atom. The minimum absolute atomic E-state index is 0.261. The molecular formula is C18H19N3O2S. The standard InChI is InChI=1S/C18H19N3O2S/c22-12-16(23)13-24-18-20-19-17(11-14-7-3-1-4-8-14)21(18)15-9-5-2-6-10-15/h1-10,16,22-23H,11-13H2. The monoisotopic (exact) mass is 341 g/mol. The second-order valence-corrected chi connectivity index (χ2v) is 6.37. The maximum absolute atomic E-state index is 9.59. The van der Waals surface area contributed by atoms with Gasteiger partial charge in [0, 0.05) is 17.9 Å². The molecule has 1 unspecified atom stereocenters. The number of hydrogen-bond acceptors (Lipinski definition) is 5. The Bertz CT molecular complexity index is 762. The van der Waals surface area contributed by atoms with Gasteiger partial charge in [0.15, 0.2) is 5.16 Å². The molecule has 0 spiro atoms. The van der Waals surface area contributed by atoms with Gasteiger partial charge in [-0.1, -0.05) is 60.3 Å². The van der Waals surface area contributed by atoms with Crippen LogP contribution in [0.2, 0.25) is 0 Å². The molecule has 1 atom stereocenters. The lowest BCUT2D eigenvalue weighted by molar-refractivity contribution is 0.113. The van der Waals surface area contributed by atoms with E-state index in [0.717, 1.165) is 17.1 Å². The predicted molar refractivity (Wildman–Crippen MR) is 94.4 cm³/mol. The zero-order valence-electron chi connectivity index (χ0n) is 13.1. The molecule has 124 valence electrons. The smallest absolute Gasteiger partial charge is 0.195 e. The molecule has 24 heavy (non-hydrogen) atoms. The van der Waals surface area contributed by atoms with Crippen molar-refractivity contribution in [2.24, 2.45) is 0 Å². The number of para-hydroxylation sites is 1. The van der Waals surface area contributed by atoms with E-state index in [1.807, 2.05) is 53.1 Å². The summed E-state index contributed by atoms with van der Waals surface area (Å²) in [6.45, 7) is -0.261. The van der Waals surface area contributed by atoms with Crippen molar-refractivity contribution in [1.82, 2.24) is 14.8 Å². The summed E-state index contributed by atoms with van der Waals surface area (Å²) < 4.78 is 2.00. The fourth-order valence-electron chi connectivity index (χ4n) is 2.35. The van der Waals surface area contributed by atoms with Crippen molar-refractivity contribution in [1.29, 1.82) is 0 Å². The van der Waals surface area contributed by atoms with Crippen molar-refractivity contribution in [2.45, 2.75) is 17.7 Å². The third-order valence-corrected chi connectivity index (χ3v) is 4.61. The Morgan fingerprint density at radius 3 is 2.29 bits per heavy atom. The average Bonchev–Trinajstić information content (AvgIpc) is 3.03. The van der Waals surface area contributed by atoms with Crippen LogP contribution < -0.4 is 0 Å². The molecular weight excluding hydrogens is 322 g/mol. The summed E-state index contributed by atoms with van der Waals surface area (Å²) >= 11 is 1.39. The second kappa shape index (κ2) is 8.10. The van der Waals surface area contributed by atoms with Crippen molar-refractivity contribution < 1.29 is 10.2 Å². The first-order chi connectivity index (χ1) is 11.8. The van der Waals surface area contributed by atoms with E-state index >= 15 is 0 Å². The molecule has 0 saturated heterocycles. The molecule has 6 heteroatoms. The van der Waals surface area contributed by atoms with Gasteiger partial charge in [-0.25, -0.2) is 0 Å². The number of aliphatic hydroxyl groups excluding tert-OH is 2. The normalized spacial score (nSPS) is 12.2. The van der Waals surface area contributed by atoms with E-state index in [9.17, 15) is 5.11 Å². The molecule has 0 aliphatic rings. The van der Waals surface area contributed by atoms with E-state index in [1.165, 1.54) is 11.8 Å². The van der Waals surface area contributed by atoms with Crippen molar-refractivity contribution >= 4 is 11.8 Å². The molecule has 0 aliphatic heterocycles. The maximum Gasteiger partial charge on any atom is 0.195 e. The molecule has 1 heterocycles. The van der Waals surface area contributed by atoms with Gasteiger partial charge in [-0.15, -0.1) is 10.2 Å². The molecule has 0 fully saturated rings. The first-order valence-corrected chi connectivity index (χ1v) is 8.72. The van der Waals surface area contributed by atoms with Crippen molar-refractivity contribution in [2.75, 3.05) is 12.4 Å². The van der Waals surface area contributed by atoms with Crippen LogP contribution in [-0.4, -0.2) is 43.4 Å². The number of hydrogen-bond donors (Lipinski definition) is 2. The Balaban J connectivity index is 1.92. The van der Waals surface area contributed by atoms with Gasteiger partial charge in [-0.05, 0) is 17.7 Å². The largest absolute Gasteiger partial charge is 0.394 e. The summed E-state index contributed by atoms with van der Waals surface area (Å²) in [7, 11) is 0. The van der Waals surface area contributed by atoms with Crippen LogP contribution in [-0.2, 0) is 6.42 Å². The lowest BCUT2D eigenvalue weighted by Gasteiger charge is -2.11. The number of benzene rings is 2. The highest BCUT2D eigenvalue weighted by atomic mass is 32.2. The minimum atomic E-state index is -0.770. The highest BCUT2D eigenvalue weighted by Crippen LogP contribution is 2.24. The first-order valence-electron chi connectivity index (χ1n) is 7.73. The molecule has 0 aliphatic carbocycles. The van der Waals surface area contributed by atoms with E-state index < -0.39 is 6.10 Å². The van der Waals surface area contributed by atoms with Crippen LogP contribution in [0.3, 0.4) is 0 Å². The van der Waals surface area contributed by atoms with E-state index in [-0.39, 0.29) is 6.61 Å². The van der Waals surface area contributed by atoms with Crippen molar-refractivity contribution in [3.8, 4) is 5.69 Å². The second-order valence-electron chi connectivity index (χ2n) is 5.38. The molecule has 5 nitrogen and oxygen atoms in total. The quantitative estimate of drug-likeness (QED) is 0.645. The highest BCUT2D eigenvalue weighted by molar-refractivity contribution is 7.99. The van der Waals surface area contributed by atoms with Crippen LogP contribution in [0.15, 0.2) is 65.8 Å². The minimum Gasteiger partial charge on any atom is -0.394 e. The maximum atomic E-state index is 9.59. The third-order valence-electron chi connectivity index (χ3n) is 3.54. The van der Waals surface area contributed by atoms with E-state index in [0.29, 0.717) is 17.3 Å². The molecule has 1 aromatic heterocycles. The molecule has 0 bridgehead atoms. The topological polar surface area (TPSA) is 71.2 Å². The molecule has 2 aromatic carbocycles. The van der Waals surface area contributed by atoms with Crippen LogP contribution in [0.1, 0.15) is 11.4 Å². The lowest BCUT2D eigenvalue weighted by atomic mass is 10.1. The summed E-state index contributed by atoms with van der Waals surface area (Å²) in [6, 6.07) is 20.0. The first kappa shape index (κ1) is 16.7. The fraction of sp³-hybridized carbons (Fsp3) is 0.222. The van der Waals surface area contributed by atoms with Crippen molar-refractivity contribution in [3.05, 3.63) is 72.1 Å². The van der Waals surface area contributed by atoms with Gasteiger partial charge in [0.25, 0.3) is 0 Å². The molecule has 0 amide bonds. The summed E-state index contributed by atoms with van der Waals surface area (Å²) in [6.07, 6.45) is -0.0974. The van der Waals surface area contributed by atoms with E-state index in [2.05, 4.69) is 22.3 Å². The number of thioether (sulfide) groups is 1. The number of aliphatic hydroxyl groups is 2. The van der Waals surface area contributed by atoms with Crippen LogP contribution in [0.4, 0.5) is 0 Å². The third kappa shape index (κ3) is 4.03. The van der Waals surface area contributed by atoms with Gasteiger partial charge in [0.05, 0.1) is 12.7 Å². The van der Waals surface area contributed by atoms with Crippen LogP contribution in [0.25, 0.3) is 5.69 Å². The van der Waals surface area contributed by atoms with Gasteiger partial charge < -0.3 is 10.2 Å². The van der Waals surface area contributed by atoms with Gasteiger partial charge in [0.2, 0.25) is 0 Å². The Morgan fingerprint density at radius 1 is 0.958 bits per heavy atom. The molecule has 3 rings (SSSR count). The van der Waals surface area contributed by atoms with Crippen LogP contribution >= 0.6 is 11.8 Å². The zero-order valence-corrected chi connectivity index (χ0v) is 13.9. The highest BCUT2D eigenvalue weighted by Gasteiger charge is 2.16. The fourth-order valence-corrected chi connectivity index (χ4v) is 3.23. The van der Waals surface area contributed by atoms with Crippen LogP contribution in [0.5, 0.6) is 0 Å². The number of rotatable bonds is 7. The summed E-state index contributed by atoms with van der Waals surface area (Å²) in [5.74, 6) is 1.21. The van der Waals surface area contributed by atoms with Gasteiger partial charge in [-0.3, -0.25) is 4.57 Å². The number of aromatic nitrogens is 3. The Labute approximate surface area is 145 Å². The SMILES string of the molecule is OCC(O)CSc1nnc(Cc2ccccc2)n1-c1ccccc1. The van der Waals surface area contributed by atoms with Gasteiger partial charge >= 0.3 is 0 Å². The predicted octanol–water partition coefficient (Wildman–Crippen LogP) is 2.30. The molecule has 0 saturated carbocycles. The summed E-state index contributed by atoms with van der Waals surface area (Å²) in [5.41, 5.74) is 2.14. The molecule has 3 aromatic rings. The average molecular weight is 341 g/mol. The van der Waals surface area contributed by atoms with Gasteiger partial charge in [0.1, 0.15) is 5.82 Å². The molecule has 2 N–H and O–H groups in total. The zero-order chi connectivity index (χ0) is 16.8. The molecule has 0 radical (unpaired) electrons. The Kier molecular flexibility index (Phi) is 5.63. The van der Waals surface area contributed by atoms with Crippen LogP contribution in [0, 0.1) is 0 Å². The van der Waals surface area contributed by atoms with Crippen molar-refractivity contribution in [3.63, 3.8) is 0 Å². The van der Waals surface area contributed by atoms with Gasteiger partial charge in [-0.2, -0.15) is 0 Å². The Hall–Kier alpha value is -2.15. The van der Waals surface area contributed by atoms with E-state index in [4.69, 9.17) is 5.11 Å². The van der Waals surface area contributed by atoms with E-state index in [1.54, 1.807) is 0 Å².